The number of carbonyl (C=O) groups is 2. The fourth-order valence-corrected chi connectivity index (χ4v) is 5.21. The summed E-state index contributed by atoms with van der Waals surface area (Å²) in [6, 6.07) is 0. The highest BCUT2D eigenvalue weighted by Gasteiger charge is 2.46. The van der Waals surface area contributed by atoms with Crippen molar-refractivity contribution in [2.75, 3.05) is 13.1 Å². The molecular weight excluding hydrogens is 312 g/mol. The minimum absolute atomic E-state index is 0. The molecule has 4 fully saturated rings. The van der Waals surface area contributed by atoms with Crippen molar-refractivity contribution in [2.24, 2.45) is 17.3 Å². The number of halogens is 1. The van der Waals surface area contributed by atoms with E-state index in [9.17, 15) is 9.59 Å². The molecule has 1 aliphatic heterocycles. The van der Waals surface area contributed by atoms with E-state index in [1.54, 1.807) is 0 Å². The van der Waals surface area contributed by atoms with E-state index in [2.05, 4.69) is 10.6 Å². The summed E-state index contributed by atoms with van der Waals surface area (Å²) in [6.45, 7) is 1.91. The smallest absolute Gasteiger partial charge is 0.223 e. The second kappa shape index (κ2) is 6.36. The maximum atomic E-state index is 12.4. The number of hydrogen-bond acceptors (Lipinski definition) is 3. The van der Waals surface area contributed by atoms with Crippen LogP contribution in [0.5, 0.6) is 0 Å². The molecule has 1 amide bonds. The van der Waals surface area contributed by atoms with Crippen LogP contribution in [0.15, 0.2) is 0 Å². The number of Topliss-reactive ketones (excluding diaryl/α,β-unsaturated/α-hetero) is 1. The second-order valence-corrected chi connectivity index (χ2v) is 8.50. The van der Waals surface area contributed by atoms with Crippen LogP contribution in [0, 0.1) is 17.3 Å². The minimum atomic E-state index is 0. The van der Waals surface area contributed by atoms with Crippen LogP contribution in [-0.2, 0) is 9.59 Å². The molecule has 1 heterocycles. The minimum Gasteiger partial charge on any atom is -0.356 e. The standard InChI is InChI=1S/C18H28N2O2.ClH/c21-15-9-17(10-15)6-2-14(3-7-17)16(22)19-11-13-8-18(20-12-13)4-1-5-18;/h13-14,20H,1-12H2,(H,19,22);1H. The van der Waals surface area contributed by atoms with Crippen LogP contribution in [0.25, 0.3) is 0 Å². The Morgan fingerprint density at radius 2 is 1.87 bits per heavy atom. The first kappa shape index (κ1) is 17.2. The van der Waals surface area contributed by atoms with Gasteiger partial charge >= 0.3 is 0 Å². The third kappa shape index (κ3) is 3.30. The largest absolute Gasteiger partial charge is 0.356 e. The van der Waals surface area contributed by atoms with Gasteiger partial charge in [0, 0.05) is 37.4 Å². The Bertz CT molecular complexity index is 471. The van der Waals surface area contributed by atoms with Crippen LogP contribution in [0.3, 0.4) is 0 Å². The van der Waals surface area contributed by atoms with Crippen molar-refractivity contribution in [3.05, 3.63) is 0 Å². The van der Waals surface area contributed by atoms with Gasteiger partial charge in [-0.25, -0.2) is 0 Å². The molecule has 1 atom stereocenters. The summed E-state index contributed by atoms with van der Waals surface area (Å²) in [6.07, 6.45) is 10.9. The molecule has 4 aliphatic rings. The van der Waals surface area contributed by atoms with Crippen molar-refractivity contribution in [1.29, 1.82) is 0 Å². The van der Waals surface area contributed by atoms with Gasteiger partial charge in [-0.3, -0.25) is 9.59 Å². The maximum Gasteiger partial charge on any atom is 0.223 e. The number of ketones is 1. The van der Waals surface area contributed by atoms with Crippen molar-refractivity contribution in [3.8, 4) is 0 Å². The molecule has 0 aromatic heterocycles. The highest BCUT2D eigenvalue weighted by Crippen LogP contribution is 2.50. The lowest BCUT2D eigenvalue weighted by atomic mass is 9.58. The molecule has 3 aliphatic carbocycles. The number of nitrogens with one attached hydrogen (secondary N) is 2. The van der Waals surface area contributed by atoms with Crippen molar-refractivity contribution < 1.29 is 9.59 Å². The normalized spacial score (nSPS) is 31.3. The van der Waals surface area contributed by atoms with Gasteiger partial charge in [-0.05, 0) is 62.7 Å². The molecule has 0 bridgehead atoms. The summed E-state index contributed by atoms with van der Waals surface area (Å²) in [5.41, 5.74) is 0.725. The van der Waals surface area contributed by atoms with E-state index in [1.807, 2.05) is 0 Å². The van der Waals surface area contributed by atoms with Gasteiger partial charge in [-0.1, -0.05) is 0 Å². The van der Waals surface area contributed by atoms with Gasteiger partial charge in [0.1, 0.15) is 5.78 Å². The van der Waals surface area contributed by atoms with Crippen LogP contribution in [0.2, 0.25) is 0 Å². The monoisotopic (exact) mass is 340 g/mol. The molecule has 1 unspecified atom stereocenters. The SMILES string of the molecule is Cl.O=C1CC2(CCC(C(=O)NCC3CNC4(CCC4)C3)CC2)C1. The lowest BCUT2D eigenvalue weighted by Crippen LogP contribution is -2.45. The molecule has 0 radical (unpaired) electrons. The Kier molecular flexibility index (Phi) is 4.76. The van der Waals surface area contributed by atoms with E-state index in [1.165, 1.54) is 25.7 Å². The van der Waals surface area contributed by atoms with E-state index in [4.69, 9.17) is 0 Å². The van der Waals surface area contributed by atoms with Crippen LogP contribution in [-0.4, -0.2) is 30.3 Å². The summed E-state index contributed by atoms with van der Waals surface area (Å²) < 4.78 is 0. The van der Waals surface area contributed by atoms with Crippen molar-refractivity contribution in [1.82, 2.24) is 10.6 Å². The molecule has 130 valence electrons. The van der Waals surface area contributed by atoms with Crippen LogP contribution in [0.4, 0.5) is 0 Å². The fraction of sp³-hybridized carbons (Fsp3) is 0.889. The van der Waals surface area contributed by atoms with Gasteiger partial charge in [0.25, 0.3) is 0 Å². The van der Waals surface area contributed by atoms with Crippen molar-refractivity contribution in [3.63, 3.8) is 0 Å². The molecule has 5 heteroatoms. The first-order valence-electron chi connectivity index (χ1n) is 9.13. The molecule has 2 N–H and O–H groups in total. The van der Waals surface area contributed by atoms with Gasteiger partial charge in [0.15, 0.2) is 0 Å². The van der Waals surface area contributed by atoms with E-state index >= 15 is 0 Å². The lowest BCUT2D eigenvalue weighted by Gasteiger charge is -2.45. The predicted octanol–water partition coefficient (Wildman–Crippen LogP) is 2.60. The molecule has 2 spiro atoms. The van der Waals surface area contributed by atoms with E-state index in [-0.39, 0.29) is 24.2 Å². The van der Waals surface area contributed by atoms with Crippen LogP contribution < -0.4 is 10.6 Å². The summed E-state index contributed by atoms with van der Waals surface area (Å²) in [7, 11) is 0. The highest BCUT2D eigenvalue weighted by molar-refractivity contribution is 5.86. The lowest BCUT2D eigenvalue weighted by molar-refractivity contribution is -0.136. The van der Waals surface area contributed by atoms with Crippen molar-refractivity contribution in [2.45, 2.75) is 69.7 Å². The maximum absolute atomic E-state index is 12.4. The third-order valence-electron chi connectivity index (χ3n) is 6.88. The number of hydrogen-bond donors (Lipinski definition) is 2. The van der Waals surface area contributed by atoms with Crippen LogP contribution in [0.1, 0.15) is 64.2 Å². The summed E-state index contributed by atoms with van der Waals surface area (Å²) in [5, 5.41) is 6.88. The molecule has 0 aromatic carbocycles. The first-order chi connectivity index (χ1) is 10.6. The molecule has 0 aromatic rings. The zero-order valence-electron chi connectivity index (χ0n) is 13.9. The number of amides is 1. The number of carbonyl (C=O) groups excluding carboxylic acids is 2. The molecule has 4 nitrogen and oxygen atoms in total. The van der Waals surface area contributed by atoms with E-state index in [0.29, 0.717) is 22.7 Å². The average molecular weight is 341 g/mol. The second-order valence-electron chi connectivity index (χ2n) is 8.50. The van der Waals surface area contributed by atoms with Gasteiger partial charge in [-0.2, -0.15) is 0 Å². The Morgan fingerprint density at radius 3 is 2.39 bits per heavy atom. The molecular formula is C18H29ClN2O2. The van der Waals surface area contributed by atoms with Gasteiger partial charge in [0.05, 0.1) is 0 Å². The van der Waals surface area contributed by atoms with Crippen molar-refractivity contribution >= 4 is 24.1 Å². The van der Waals surface area contributed by atoms with E-state index < -0.39 is 0 Å². The summed E-state index contributed by atoms with van der Waals surface area (Å²) in [5.74, 6) is 1.48. The Hall–Kier alpha value is -0.610. The molecule has 3 saturated carbocycles. The van der Waals surface area contributed by atoms with Gasteiger partial charge in [0.2, 0.25) is 5.91 Å². The Labute approximate surface area is 144 Å². The van der Waals surface area contributed by atoms with Gasteiger partial charge < -0.3 is 10.6 Å². The highest BCUT2D eigenvalue weighted by atomic mass is 35.5. The summed E-state index contributed by atoms with van der Waals surface area (Å²) in [4.78, 5) is 23.6. The van der Waals surface area contributed by atoms with Crippen LogP contribution >= 0.6 is 12.4 Å². The zero-order chi connectivity index (χ0) is 15.2. The number of rotatable bonds is 3. The summed E-state index contributed by atoms with van der Waals surface area (Å²) >= 11 is 0. The zero-order valence-corrected chi connectivity index (χ0v) is 14.7. The average Bonchev–Trinajstić information content (AvgIpc) is 2.89. The quantitative estimate of drug-likeness (QED) is 0.830. The van der Waals surface area contributed by atoms with E-state index in [0.717, 1.165) is 51.6 Å². The first-order valence-corrected chi connectivity index (χ1v) is 9.13. The molecule has 1 saturated heterocycles. The topological polar surface area (TPSA) is 58.2 Å². The Balaban J connectivity index is 0.00000156. The Morgan fingerprint density at radius 1 is 1.17 bits per heavy atom. The third-order valence-corrected chi connectivity index (χ3v) is 6.88. The fourth-order valence-electron chi connectivity index (χ4n) is 5.21. The molecule has 23 heavy (non-hydrogen) atoms. The predicted molar refractivity (Wildman–Crippen MR) is 91.6 cm³/mol. The van der Waals surface area contributed by atoms with Gasteiger partial charge in [-0.15, -0.1) is 12.4 Å². The molecule has 4 rings (SSSR count).